The van der Waals surface area contributed by atoms with Gasteiger partial charge in [0.1, 0.15) is 23.0 Å². The van der Waals surface area contributed by atoms with Gasteiger partial charge in [-0.3, -0.25) is 4.79 Å². The summed E-state index contributed by atoms with van der Waals surface area (Å²) in [6.07, 6.45) is 1.54. The summed E-state index contributed by atoms with van der Waals surface area (Å²) >= 11 is 1.65. The van der Waals surface area contributed by atoms with Gasteiger partial charge in [0.2, 0.25) is 5.91 Å². The third-order valence-corrected chi connectivity index (χ3v) is 5.78. The Labute approximate surface area is 157 Å². The molecule has 0 unspecified atom stereocenters. The largest absolute Gasteiger partial charge is 0.358 e. The Morgan fingerprint density at radius 3 is 2.62 bits per heavy atom. The summed E-state index contributed by atoms with van der Waals surface area (Å²) in [5.41, 5.74) is 2.38. The van der Waals surface area contributed by atoms with E-state index in [1.165, 1.54) is 16.0 Å². The van der Waals surface area contributed by atoms with Crippen LogP contribution in [0.5, 0.6) is 0 Å². The number of carbonyl (C=O) groups excluding carboxylic acids is 1. The van der Waals surface area contributed by atoms with E-state index in [0.717, 1.165) is 16.0 Å². The van der Waals surface area contributed by atoms with Crippen molar-refractivity contribution in [1.82, 2.24) is 15.3 Å². The van der Waals surface area contributed by atoms with Crippen LogP contribution < -0.4 is 10.6 Å². The zero-order valence-electron chi connectivity index (χ0n) is 15.5. The lowest BCUT2D eigenvalue weighted by atomic mass is 10.0. The normalized spacial score (nSPS) is 13.4. The van der Waals surface area contributed by atoms with Crippen molar-refractivity contribution >= 4 is 33.3 Å². The highest BCUT2D eigenvalue weighted by Crippen LogP contribution is 2.32. The van der Waals surface area contributed by atoms with Gasteiger partial charge >= 0.3 is 0 Å². The molecule has 0 aliphatic rings. The first-order valence-electron chi connectivity index (χ1n) is 8.77. The molecule has 3 rings (SSSR count). The van der Waals surface area contributed by atoms with E-state index in [9.17, 15) is 4.79 Å². The van der Waals surface area contributed by atoms with Crippen LogP contribution in [0.4, 0.5) is 5.82 Å². The van der Waals surface area contributed by atoms with Crippen molar-refractivity contribution in [2.24, 2.45) is 0 Å². The molecule has 0 saturated heterocycles. The first-order chi connectivity index (χ1) is 12.5. The fourth-order valence-corrected chi connectivity index (χ4v) is 3.87. The Balaban J connectivity index is 1.65. The molecular weight excluding hydrogens is 344 g/mol. The number of aryl methyl sites for hydroxylation is 2. The molecule has 136 valence electrons. The number of hydrogen-bond acceptors (Lipinski definition) is 5. The number of nitrogens with zero attached hydrogens (tertiary/aromatic N) is 2. The second-order valence-electron chi connectivity index (χ2n) is 6.61. The van der Waals surface area contributed by atoms with E-state index in [0.29, 0.717) is 6.54 Å². The Kier molecular flexibility index (Phi) is 5.52. The minimum Gasteiger partial charge on any atom is -0.358 e. The standard InChI is InChI=1S/C20H24N4OS/c1-12(16-8-6-5-7-9-16)10-21-19(25)14(3)24-18-17-13(2)15(4)26-20(17)23-11-22-18/h5-9,11-12,14H,10H2,1-4H3,(H,21,25)(H,22,23,24)/t12-,14-/m1/s1. The Bertz CT molecular complexity index is 907. The van der Waals surface area contributed by atoms with Crippen LogP contribution in [0.15, 0.2) is 36.7 Å². The summed E-state index contributed by atoms with van der Waals surface area (Å²) < 4.78 is 0. The van der Waals surface area contributed by atoms with Gasteiger partial charge in [-0.1, -0.05) is 37.3 Å². The third kappa shape index (κ3) is 3.85. The SMILES string of the molecule is Cc1sc2ncnc(N[C@H](C)C(=O)NC[C@@H](C)c3ccccc3)c2c1C. The van der Waals surface area contributed by atoms with Gasteiger partial charge in [-0.15, -0.1) is 11.3 Å². The van der Waals surface area contributed by atoms with Crippen LogP contribution in [-0.4, -0.2) is 28.5 Å². The first-order valence-corrected chi connectivity index (χ1v) is 9.59. The molecule has 5 nitrogen and oxygen atoms in total. The second kappa shape index (κ2) is 7.83. The van der Waals surface area contributed by atoms with Crippen molar-refractivity contribution in [2.45, 2.75) is 39.7 Å². The van der Waals surface area contributed by atoms with E-state index in [1.54, 1.807) is 17.7 Å². The molecule has 3 aromatic rings. The van der Waals surface area contributed by atoms with Crippen molar-refractivity contribution in [2.75, 3.05) is 11.9 Å². The molecule has 0 aliphatic carbocycles. The fourth-order valence-electron chi connectivity index (χ4n) is 2.87. The summed E-state index contributed by atoms with van der Waals surface area (Å²) in [6.45, 7) is 8.70. The van der Waals surface area contributed by atoms with E-state index in [4.69, 9.17) is 0 Å². The predicted octanol–water partition coefficient (Wildman–Crippen LogP) is 4.03. The number of aromatic nitrogens is 2. The molecule has 2 heterocycles. The lowest BCUT2D eigenvalue weighted by molar-refractivity contribution is -0.121. The maximum Gasteiger partial charge on any atom is 0.242 e. The zero-order valence-corrected chi connectivity index (χ0v) is 16.4. The van der Waals surface area contributed by atoms with Crippen LogP contribution in [0.2, 0.25) is 0 Å². The van der Waals surface area contributed by atoms with Gasteiger partial charge in [-0.05, 0) is 37.8 Å². The average molecular weight is 369 g/mol. The molecule has 2 atom stereocenters. The summed E-state index contributed by atoms with van der Waals surface area (Å²) in [5.74, 6) is 0.944. The number of anilines is 1. The summed E-state index contributed by atoms with van der Waals surface area (Å²) in [5, 5.41) is 7.28. The fraction of sp³-hybridized carbons (Fsp3) is 0.350. The minimum absolute atomic E-state index is 0.0378. The van der Waals surface area contributed by atoms with Gasteiger partial charge in [0.15, 0.2) is 0 Å². The van der Waals surface area contributed by atoms with Crippen molar-refractivity contribution < 1.29 is 4.79 Å². The van der Waals surface area contributed by atoms with Gasteiger partial charge < -0.3 is 10.6 Å². The van der Waals surface area contributed by atoms with Crippen molar-refractivity contribution in [3.8, 4) is 0 Å². The van der Waals surface area contributed by atoms with Crippen molar-refractivity contribution in [3.05, 3.63) is 52.7 Å². The number of carbonyl (C=O) groups is 1. The van der Waals surface area contributed by atoms with E-state index in [-0.39, 0.29) is 17.9 Å². The highest BCUT2D eigenvalue weighted by Gasteiger charge is 2.18. The minimum atomic E-state index is -0.379. The number of benzene rings is 1. The highest BCUT2D eigenvalue weighted by molar-refractivity contribution is 7.18. The third-order valence-electron chi connectivity index (χ3n) is 4.66. The maximum absolute atomic E-state index is 12.5. The topological polar surface area (TPSA) is 66.9 Å². The molecular formula is C20H24N4OS. The number of hydrogen-bond donors (Lipinski definition) is 2. The van der Waals surface area contributed by atoms with Crippen LogP contribution in [-0.2, 0) is 4.79 Å². The number of rotatable bonds is 6. The van der Waals surface area contributed by atoms with E-state index >= 15 is 0 Å². The van der Waals surface area contributed by atoms with Crippen molar-refractivity contribution in [1.29, 1.82) is 0 Å². The van der Waals surface area contributed by atoms with E-state index in [1.807, 2.05) is 25.1 Å². The van der Waals surface area contributed by atoms with Gasteiger partial charge in [-0.2, -0.15) is 0 Å². The molecule has 2 N–H and O–H groups in total. The molecule has 6 heteroatoms. The smallest absolute Gasteiger partial charge is 0.242 e. The second-order valence-corrected chi connectivity index (χ2v) is 7.81. The van der Waals surface area contributed by atoms with Crippen molar-refractivity contribution in [3.63, 3.8) is 0 Å². The van der Waals surface area contributed by atoms with Gasteiger partial charge in [0, 0.05) is 11.4 Å². The lowest BCUT2D eigenvalue weighted by Gasteiger charge is -2.18. The number of thiophene rings is 1. The Hall–Kier alpha value is -2.47. The Morgan fingerprint density at radius 2 is 1.88 bits per heavy atom. The molecule has 0 bridgehead atoms. The molecule has 0 spiro atoms. The van der Waals surface area contributed by atoms with Crippen LogP contribution in [0, 0.1) is 13.8 Å². The molecule has 0 saturated carbocycles. The Morgan fingerprint density at radius 1 is 1.15 bits per heavy atom. The summed E-state index contributed by atoms with van der Waals surface area (Å²) in [7, 11) is 0. The molecule has 1 amide bonds. The number of amides is 1. The monoisotopic (exact) mass is 368 g/mol. The summed E-state index contributed by atoms with van der Waals surface area (Å²) in [6, 6.07) is 9.82. The van der Waals surface area contributed by atoms with Gasteiger partial charge in [0.25, 0.3) is 0 Å². The van der Waals surface area contributed by atoms with Gasteiger partial charge in [0.05, 0.1) is 5.39 Å². The van der Waals surface area contributed by atoms with E-state index in [2.05, 4.69) is 53.5 Å². The van der Waals surface area contributed by atoms with Crippen LogP contribution in [0.1, 0.15) is 35.8 Å². The summed E-state index contributed by atoms with van der Waals surface area (Å²) in [4.78, 5) is 23.3. The van der Waals surface area contributed by atoms with Crippen LogP contribution >= 0.6 is 11.3 Å². The quantitative estimate of drug-likeness (QED) is 0.689. The maximum atomic E-state index is 12.5. The average Bonchev–Trinajstić information content (AvgIpc) is 2.95. The van der Waals surface area contributed by atoms with Crippen LogP contribution in [0.3, 0.4) is 0 Å². The predicted molar refractivity (Wildman–Crippen MR) is 108 cm³/mol. The van der Waals surface area contributed by atoms with Crippen LogP contribution in [0.25, 0.3) is 10.2 Å². The molecule has 26 heavy (non-hydrogen) atoms. The number of nitrogens with one attached hydrogen (secondary N) is 2. The lowest BCUT2D eigenvalue weighted by Crippen LogP contribution is -2.39. The van der Waals surface area contributed by atoms with E-state index < -0.39 is 0 Å². The molecule has 0 radical (unpaired) electrons. The highest BCUT2D eigenvalue weighted by atomic mass is 32.1. The number of fused-ring (bicyclic) bond motifs is 1. The molecule has 2 aromatic heterocycles. The zero-order chi connectivity index (χ0) is 18.7. The molecule has 0 aliphatic heterocycles. The molecule has 1 aromatic carbocycles. The first kappa shape index (κ1) is 18.3. The molecule has 0 fully saturated rings. The van der Waals surface area contributed by atoms with Gasteiger partial charge in [-0.25, -0.2) is 9.97 Å².